The van der Waals surface area contributed by atoms with Gasteiger partial charge in [0.1, 0.15) is 0 Å². The smallest absolute Gasteiger partial charge is 0.238 e. The minimum Gasteiger partial charge on any atom is -0.382 e. The molecule has 0 aliphatic heterocycles. The molecular formula is C15H25BrN2O2S. The molecule has 1 rings (SSSR count). The summed E-state index contributed by atoms with van der Waals surface area (Å²) in [6.45, 7) is 4.35. The molecule has 3 N–H and O–H groups in total. The van der Waals surface area contributed by atoms with Crippen LogP contribution in [0.15, 0.2) is 27.6 Å². The average Bonchev–Trinajstić information content (AvgIpc) is 2.39. The molecule has 0 aliphatic carbocycles. The van der Waals surface area contributed by atoms with Crippen molar-refractivity contribution in [3.05, 3.63) is 22.7 Å². The predicted molar refractivity (Wildman–Crippen MR) is 92.0 cm³/mol. The molecule has 0 aromatic heterocycles. The fourth-order valence-corrected chi connectivity index (χ4v) is 3.37. The van der Waals surface area contributed by atoms with Gasteiger partial charge >= 0.3 is 0 Å². The third kappa shape index (κ3) is 6.80. The highest BCUT2D eigenvalue weighted by atomic mass is 79.9. The van der Waals surface area contributed by atoms with E-state index in [1.165, 1.54) is 44.2 Å². The van der Waals surface area contributed by atoms with Gasteiger partial charge in [0, 0.05) is 16.2 Å². The molecule has 6 heteroatoms. The monoisotopic (exact) mass is 376 g/mol. The summed E-state index contributed by atoms with van der Waals surface area (Å²) in [5, 5.41) is 8.51. The Hall–Kier alpha value is -0.590. The van der Waals surface area contributed by atoms with Crippen molar-refractivity contribution in [2.75, 3.05) is 5.32 Å². The number of nitrogens with two attached hydrogens (primary N) is 1. The van der Waals surface area contributed by atoms with Crippen LogP contribution in [-0.4, -0.2) is 14.5 Å². The van der Waals surface area contributed by atoms with E-state index in [-0.39, 0.29) is 4.90 Å². The second kappa shape index (κ2) is 8.76. The van der Waals surface area contributed by atoms with Crippen molar-refractivity contribution in [3.63, 3.8) is 0 Å². The molecule has 1 unspecified atom stereocenters. The maximum Gasteiger partial charge on any atom is 0.238 e. The Bertz CT molecular complexity index is 547. The lowest BCUT2D eigenvalue weighted by atomic mass is 10.1. The van der Waals surface area contributed by atoms with Gasteiger partial charge in [-0.3, -0.25) is 0 Å². The molecule has 21 heavy (non-hydrogen) atoms. The topological polar surface area (TPSA) is 72.2 Å². The largest absolute Gasteiger partial charge is 0.382 e. The van der Waals surface area contributed by atoms with Crippen LogP contribution in [0.1, 0.15) is 52.4 Å². The number of unbranched alkanes of at least 4 members (excludes halogenated alkanes) is 4. The number of benzene rings is 1. The van der Waals surface area contributed by atoms with Crippen molar-refractivity contribution < 1.29 is 8.42 Å². The van der Waals surface area contributed by atoms with Crippen molar-refractivity contribution >= 4 is 31.6 Å². The van der Waals surface area contributed by atoms with Crippen LogP contribution in [0, 0.1) is 0 Å². The summed E-state index contributed by atoms with van der Waals surface area (Å²) in [5.74, 6) is 0. The number of anilines is 1. The number of sulfonamides is 1. The average molecular weight is 377 g/mol. The van der Waals surface area contributed by atoms with Crippen LogP contribution in [0.4, 0.5) is 5.69 Å². The van der Waals surface area contributed by atoms with E-state index in [4.69, 9.17) is 5.14 Å². The number of halogens is 1. The minimum absolute atomic E-state index is 0.118. The van der Waals surface area contributed by atoms with Crippen LogP contribution in [0.25, 0.3) is 0 Å². The Morgan fingerprint density at radius 1 is 1.24 bits per heavy atom. The molecule has 0 saturated carbocycles. The Morgan fingerprint density at radius 2 is 1.90 bits per heavy atom. The summed E-state index contributed by atoms with van der Waals surface area (Å²) < 4.78 is 23.3. The summed E-state index contributed by atoms with van der Waals surface area (Å²) in [5.41, 5.74) is 0.892. The minimum atomic E-state index is -3.65. The molecule has 1 atom stereocenters. The van der Waals surface area contributed by atoms with E-state index in [0.717, 1.165) is 12.1 Å². The summed E-state index contributed by atoms with van der Waals surface area (Å²) in [6, 6.07) is 5.16. The van der Waals surface area contributed by atoms with E-state index >= 15 is 0 Å². The number of nitrogens with one attached hydrogen (secondary N) is 1. The third-order valence-electron chi connectivity index (χ3n) is 3.41. The van der Waals surface area contributed by atoms with Crippen molar-refractivity contribution in [1.29, 1.82) is 0 Å². The van der Waals surface area contributed by atoms with Crippen molar-refractivity contribution in [2.45, 2.75) is 63.3 Å². The second-order valence-electron chi connectivity index (χ2n) is 5.43. The molecule has 120 valence electrons. The predicted octanol–water partition coefficient (Wildman–Crippen LogP) is 4.26. The first-order chi connectivity index (χ1) is 9.84. The van der Waals surface area contributed by atoms with Crippen LogP contribution < -0.4 is 10.5 Å². The van der Waals surface area contributed by atoms with Gasteiger partial charge in [-0.2, -0.15) is 0 Å². The maximum absolute atomic E-state index is 11.3. The van der Waals surface area contributed by atoms with Crippen molar-refractivity contribution in [2.24, 2.45) is 5.14 Å². The first-order valence-electron chi connectivity index (χ1n) is 7.43. The van der Waals surface area contributed by atoms with Crippen molar-refractivity contribution in [1.82, 2.24) is 0 Å². The van der Waals surface area contributed by atoms with Gasteiger partial charge in [0.15, 0.2) is 0 Å². The fourth-order valence-electron chi connectivity index (χ4n) is 2.18. The maximum atomic E-state index is 11.3. The molecule has 0 heterocycles. The molecule has 1 aromatic rings. The first-order valence-corrected chi connectivity index (χ1v) is 9.77. The Balaban J connectivity index is 2.51. The van der Waals surface area contributed by atoms with Gasteiger partial charge in [-0.05, 0) is 47.5 Å². The normalized spacial score (nSPS) is 13.1. The van der Waals surface area contributed by atoms with Crippen LogP contribution in [0.2, 0.25) is 0 Å². The summed E-state index contributed by atoms with van der Waals surface area (Å²) >= 11 is 3.39. The lowest BCUT2D eigenvalue weighted by molar-refractivity contribution is 0.578. The molecule has 0 bridgehead atoms. The van der Waals surface area contributed by atoms with Gasteiger partial charge in [-0.15, -0.1) is 0 Å². The molecule has 4 nitrogen and oxygen atoms in total. The Labute approximate surface area is 136 Å². The van der Waals surface area contributed by atoms with Crippen LogP contribution in [0.5, 0.6) is 0 Å². The molecular weight excluding hydrogens is 352 g/mol. The second-order valence-corrected chi connectivity index (χ2v) is 7.85. The Morgan fingerprint density at radius 3 is 2.48 bits per heavy atom. The molecule has 0 spiro atoms. The first kappa shape index (κ1) is 18.5. The van der Waals surface area contributed by atoms with E-state index < -0.39 is 10.0 Å². The van der Waals surface area contributed by atoms with Crippen molar-refractivity contribution in [3.8, 4) is 0 Å². The van der Waals surface area contributed by atoms with E-state index in [1.54, 1.807) is 6.07 Å². The van der Waals surface area contributed by atoms with Gasteiger partial charge in [0.05, 0.1) is 4.90 Å². The van der Waals surface area contributed by atoms with Crippen LogP contribution in [-0.2, 0) is 10.0 Å². The zero-order valence-electron chi connectivity index (χ0n) is 12.7. The summed E-state index contributed by atoms with van der Waals surface area (Å²) in [6.07, 6.45) is 7.45. The van der Waals surface area contributed by atoms with Crippen LogP contribution >= 0.6 is 15.9 Å². The van der Waals surface area contributed by atoms with Crippen LogP contribution in [0.3, 0.4) is 0 Å². The third-order valence-corrected chi connectivity index (χ3v) is 4.98. The zero-order valence-corrected chi connectivity index (χ0v) is 15.1. The molecule has 0 fully saturated rings. The van der Waals surface area contributed by atoms with E-state index in [2.05, 4.69) is 35.1 Å². The standard InChI is InChI=1S/C15H25BrN2O2S/c1-3-4-5-6-7-8-12(2)18-15-10-9-13(11-14(15)16)21(17,19)20/h9-12,18H,3-8H2,1-2H3,(H2,17,19,20). The van der Waals surface area contributed by atoms with Gasteiger partial charge in [-0.25, -0.2) is 13.6 Å². The molecule has 1 aromatic carbocycles. The number of hydrogen-bond acceptors (Lipinski definition) is 3. The number of primary sulfonamides is 1. The quantitative estimate of drug-likeness (QED) is 0.632. The Kier molecular flexibility index (Phi) is 7.70. The van der Waals surface area contributed by atoms with E-state index in [9.17, 15) is 8.42 Å². The van der Waals surface area contributed by atoms with Gasteiger partial charge in [-0.1, -0.05) is 39.0 Å². The summed E-state index contributed by atoms with van der Waals surface area (Å²) in [7, 11) is -3.65. The fraction of sp³-hybridized carbons (Fsp3) is 0.600. The lowest BCUT2D eigenvalue weighted by Crippen LogP contribution is -2.16. The summed E-state index contributed by atoms with van der Waals surface area (Å²) in [4.78, 5) is 0.118. The van der Waals surface area contributed by atoms with E-state index in [1.807, 2.05) is 0 Å². The van der Waals surface area contributed by atoms with Gasteiger partial charge < -0.3 is 5.32 Å². The molecule has 0 saturated heterocycles. The number of hydrogen-bond donors (Lipinski definition) is 2. The zero-order chi connectivity index (χ0) is 15.9. The molecule has 0 aliphatic rings. The molecule has 0 amide bonds. The number of rotatable bonds is 9. The van der Waals surface area contributed by atoms with E-state index in [0.29, 0.717) is 10.5 Å². The van der Waals surface area contributed by atoms with Gasteiger partial charge in [0.2, 0.25) is 10.0 Å². The highest BCUT2D eigenvalue weighted by Gasteiger charge is 2.11. The lowest BCUT2D eigenvalue weighted by Gasteiger charge is -2.17. The highest BCUT2D eigenvalue weighted by Crippen LogP contribution is 2.26. The highest BCUT2D eigenvalue weighted by molar-refractivity contribution is 9.10. The van der Waals surface area contributed by atoms with Gasteiger partial charge in [0.25, 0.3) is 0 Å². The molecule has 0 radical (unpaired) electrons. The SMILES string of the molecule is CCCCCCCC(C)Nc1ccc(S(N)(=O)=O)cc1Br.